The third-order valence-electron chi connectivity index (χ3n) is 4.34. The second-order valence-electron chi connectivity index (χ2n) is 6.64. The van der Waals surface area contributed by atoms with Crippen molar-refractivity contribution in [2.75, 3.05) is 12.4 Å². The molecule has 2 aromatic carbocycles. The van der Waals surface area contributed by atoms with E-state index in [4.69, 9.17) is 10.5 Å². The van der Waals surface area contributed by atoms with Crippen molar-refractivity contribution in [1.82, 2.24) is 4.72 Å². The molecule has 4 N–H and O–H groups in total. The number of methoxy groups -OCH3 is 1. The summed E-state index contributed by atoms with van der Waals surface area (Å²) >= 11 is 0. The normalized spacial score (nSPS) is 15.2. The zero-order valence-corrected chi connectivity index (χ0v) is 16.0. The van der Waals surface area contributed by atoms with E-state index in [1.165, 1.54) is 19.2 Å². The minimum absolute atomic E-state index is 0.0152. The summed E-state index contributed by atoms with van der Waals surface area (Å²) in [6, 6.07) is 10.9. The minimum atomic E-state index is -3.73. The van der Waals surface area contributed by atoms with Crippen LogP contribution in [0.5, 0.6) is 5.75 Å². The second kappa shape index (κ2) is 7.67. The van der Waals surface area contributed by atoms with Crippen LogP contribution < -0.4 is 20.5 Å². The summed E-state index contributed by atoms with van der Waals surface area (Å²) in [6.45, 7) is 1.95. The molecule has 0 radical (unpaired) electrons. The van der Waals surface area contributed by atoms with E-state index >= 15 is 0 Å². The number of anilines is 1. The van der Waals surface area contributed by atoms with Crippen LogP contribution in [0.15, 0.2) is 47.4 Å². The van der Waals surface area contributed by atoms with Crippen molar-refractivity contribution in [3.63, 3.8) is 0 Å². The quantitative estimate of drug-likeness (QED) is 0.671. The molecule has 0 bridgehead atoms. The molecule has 1 fully saturated rings. The summed E-state index contributed by atoms with van der Waals surface area (Å²) in [5.74, 6) is -0.216. The second-order valence-corrected chi connectivity index (χ2v) is 8.32. The first-order chi connectivity index (χ1) is 12.8. The Balaban J connectivity index is 1.81. The van der Waals surface area contributed by atoms with Gasteiger partial charge in [0.25, 0.3) is 0 Å². The van der Waals surface area contributed by atoms with Gasteiger partial charge in [0.2, 0.25) is 15.9 Å². The van der Waals surface area contributed by atoms with Crippen molar-refractivity contribution in [1.29, 1.82) is 0 Å². The number of sulfonamides is 1. The molecular formula is C19H23N3O4S. The molecule has 27 heavy (non-hydrogen) atoms. The number of hydrogen-bond acceptors (Lipinski definition) is 5. The van der Waals surface area contributed by atoms with Crippen molar-refractivity contribution < 1.29 is 17.9 Å². The Morgan fingerprint density at radius 3 is 2.44 bits per heavy atom. The number of hydrogen-bond donors (Lipinski definition) is 3. The first-order valence-corrected chi connectivity index (χ1v) is 10.1. The first-order valence-electron chi connectivity index (χ1n) is 8.63. The summed E-state index contributed by atoms with van der Waals surface area (Å²) in [6.07, 6.45) is 1.65. The molecule has 8 heteroatoms. The molecule has 0 heterocycles. The molecular weight excluding hydrogens is 366 g/mol. The maximum atomic E-state index is 12.6. The number of aryl methyl sites for hydroxylation is 1. The lowest BCUT2D eigenvalue weighted by Gasteiger charge is -2.15. The van der Waals surface area contributed by atoms with Gasteiger partial charge in [0.1, 0.15) is 16.7 Å². The van der Waals surface area contributed by atoms with E-state index in [0.29, 0.717) is 11.3 Å². The fourth-order valence-electron chi connectivity index (χ4n) is 2.59. The third-order valence-corrected chi connectivity index (χ3v) is 5.88. The number of nitrogens with one attached hydrogen (secondary N) is 2. The van der Waals surface area contributed by atoms with Gasteiger partial charge in [-0.1, -0.05) is 29.8 Å². The largest absolute Gasteiger partial charge is 0.495 e. The summed E-state index contributed by atoms with van der Waals surface area (Å²) in [5.41, 5.74) is 8.10. The van der Waals surface area contributed by atoms with Crippen LogP contribution in [0, 0.1) is 6.92 Å². The molecule has 0 saturated heterocycles. The summed E-state index contributed by atoms with van der Waals surface area (Å²) in [5, 5.41) is 2.68. The zero-order chi connectivity index (χ0) is 19.6. The predicted molar refractivity (Wildman–Crippen MR) is 103 cm³/mol. The highest BCUT2D eigenvalue weighted by molar-refractivity contribution is 7.89. The van der Waals surface area contributed by atoms with Crippen LogP contribution in [0.2, 0.25) is 0 Å². The van der Waals surface area contributed by atoms with Gasteiger partial charge in [0.05, 0.1) is 7.11 Å². The van der Waals surface area contributed by atoms with E-state index < -0.39 is 22.0 Å². The molecule has 1 unspecified atom stereocenters. The van der Waals surface area contributed by atoms with Crippen molar-refractivity contribution in [3.05, 3.63) is 53.6 Å². The van der Waals surface area contributed by atoms with E-state index in [0.717, 1.165) is 18.4 Å². The summed E-state index contributed by atoms with van der Waals surface area (Å²) in [7, 11) is -2.33. The van der Waals surface area contributed by atoms with Crippen LogP contribution >= 0.6 is 0 Å². The van der Waals surface area contributed by atoms with Gasteiger partial charge in [-0.15, -0.1) is 0 Å². The van der Waals surface area contributed by atoms with E-state index in [9.17, 15) is 13.2 Å². The van der Waals surface area contributed by atoms with Crippen LogP contribution in [-0.2, 0) is 14.8 Å². The maximum Gasteiger partial charge on any atom is 0.245 e. The van der Waals surface area contributed by atoms with Gasteiger partial charge in [-0.2, -0.15) is 0 Å². The molecule has 1 saturated carbocycles. The lowest BCUT2D eigenvalue weighted by molar-refractivity contribution is -0.117. The number of nitrogens with two attached hydrogens (primary N) is 1. The highest BCUT2D eigenvalue weighted by atomic mass is 32.2. The van der Waals surface area contributed by atoms with Crippen molar-refractivity contribution >= 4 is 21.6 Å². The van der Waals surface area contributed by atoms with Gasteiger partial charge in [0.15, 0.2) is 0 Å². The Kier molecular flexibility index (Phi) is 5.50. The summed E-state index contributed by atoms with van der Waals surface area (Å²) < 4.78 is 32.9. The highest BCUT2D eigenvalue weighted by Crippen LogP contribution is 2.30. The van der Waals surface area contributed by atoms with Crippen molar-refractivity contribution in [3.8, 4) is 5.75 Å². The van der Waals surface area contributed by atoms with Gasteiger partial charge in [-0.05, 0) is 43.5 Å². The molecule has 7 nitrogen and oxygen atoms in total. The van der Waals surface area contributed by atoms with E-state index in [2.05, 4.69) is 10.0 Å². The van der Waals surface area contributed by atoms with E-state index in [1.54, 1.807) is 18.2 Å². The molecule has 144 valence electrons. The Labute approximate surface area is 159 Å². The van der Waals surface area contributed by atoms with Gasteiger partial charge < -0.3 is 15.8 Å². The Morgan fingerprint density at radius 2 is 1.85 bits per heavy atom. The van der Waals surface area contributed by atoms with Crippen LogP contribution in [0.3, 0.4) is 0 Å². The lowest BCUT2D eigenvalue weighted by Crippen LogP contribution is -2.28. The average Bonchev–Trinajstić information content (AvgIpc) is 3.45. The van der Waals surface area contributed by atoms with Gasteiger partial charge >= 0.3 is 0 Å². The first kappa shape index (κ1) is 19.3. The lowest BCUT2D eigenvalue weighted by atomic mass is 10.1. The number of ether oxygens (including phenoxy) is 1. The predicted octanol–water partition coefficient (Wildman–Crippen LogP) is 2.08. The minimum Gasteiger partial charge on any atom is -0.495 e. The van der Waals surface area contributed by atoms with E-state index in [-0.39, 0.29) is 16.7 Å². The molecule has 3 rings (SSSR count). The highest BCUT2D eigenvalue weighted by Gasteiger charge is 2.30. The van der Waals surface area contributed by atoms with Crippen LogP contribution in [0.1, 0.15) is 30.0 Å². The van der Waals surface area contributed by atoms with Crippen molar-refractivity contribution in [2.45, 2.75) is 36.7 Å². The molecule has 1 aliphatic rings. The van der Waals surface area contributed by atoms with Crippen LogP contribution in [0.4, 0.5) is 5.69 Å². The SMILES string of the molecule is COc1ccc(NC(=O)C(N)c2ccc(C)cc2)cc1S(=O)(=O)NC1CC1. The maximum absolute atomic E-state index is 12.6. The van der Waals surface area contributed by atoms with Crippen molar-refractivity contribution in [2.24, 2.45) is 5.73 Å². The number of benzene rings is 2. The summed E-state index contributed by atoms with van der Waals surface area (Å²) in [4.78, 5) is 12.5. The molecule has 0 aliphatic heterocycles. The molecule has 0 aromatic heterocycles. The van der Waals surface area contributed by atoms with Gasteiger partial charge in [-0.25, -0.2) is 13.1 Å². The number of rotatable bonds is 7. The Hall–Kier alpha value is -2.42. The molecule has 0 spiro atoms. The smallest absolute Gasteiger partial charge is 0.245 e. The number of carbonyl (C=O) groups is 1. The fourth-order valence-corrected chi connectivity index (χ4v) is 4.09. The average molecular weight is 389 g/mol. The number of carbonyl (C=O) groups excluding carboxylic acids is 1. The zero-order valence-electron chi connectivity index (χ0n) is 15.2. The Bertz CT molecular complexity index is 938. The molecule has 1 atom stereocenters. The molecule has 1 aliphatic carbocycles. The van der Waals surface area contributed by atoms with Crippen LogP contribution in [-0.4, -0.2) is 27.5 Å². The molecule has 1 amide bonds. The standard InChI is InChI=1S/C19H23N3O4S/c1-12-3-5-13(6-4-12)18(20)19(23)21-15-9-10-16(26-2)17(11-15)27(24,25)22-14-7-8-14/h3-6,9-11,14,18,22H,7-8,20H2,1-2H3,(H,21,23). The van der Waals surface area contributed by atoms with Gasteiger partial charge in [0, 0.05) is 11.7 Å². The fraction of sp³-hybridized carbons (Fsp3) is 0.316. The molecule has 2 aromatic rings. The Morgan fingerprint density at radius 1 is 1.19 bits per heavy atom. The third kappa shape index (κ3) is 4.65. The topological polar surface area (TPSA) is 111 Å². The monoisotopic (exact) mass is 389 g/mol. The van der Waals surface area contributed by atoms with Crippen LogP contribution in [0.25, 0.3) is 0 Å². The van der Waals surface area contributed by atoms with E-state index in [1.807, 2.05) is 19.1 Å². The van der Waals surface area contributed by atoms with Gasteiger partial charge in [-0.3, -0.25) is 4.79 Å². The number of amides is 1.